The molecule has 0 atom stereocenters. The largest absolute Gasteiger partial charge is 0.461 e. The Bertz CT molecular complexity index is 742. The van der Waals surface area contributed by atoms with Gasteiger partial charge in [0, 0.05) is 5.69 Å². The van der Waals surface area contributed by atoms with Gasteiger partial charge in [0.15, 0.2) is 10.7 Å². The van der Waals surface area contributed by atoms with Gasteiger partial charge in [0.05, 0.1) is 6.54 Å². The second-order valence-corrected chi connectivity index (χ2v) is 6.11. The van der Waals surface area contributed by atoms with E-state index < -0.39 is 28.6 Å². The average Bonchev–Trinajstić information content (AvgIpc) is 2.86. The van der Waals surface area contributed by atoms with E-state index in [2.05, 4.69) is 10.1 Å². The van der Waals surface area contributed by atoms with Gasteiger partial charge in [-0.2, -0.15) is 22.0 Å². The Morgan fingerprint density at radius 3 is 2.33 bits per heavy atom. The molecule has 1 aromatic carbocycles. The number of benzene rings is 1. The molecular weight excluding hydrogens is 378 g/mol. The molecule has 0 aliphatic heterocycles. The van der Waals surface area contributed by atoms with E-state index in [4.69, 9.17) is 28.9 Å². The summed E-state index contributed by atoms with van der Waals surface area (Å²) in [6, 6.07) is 4.79. The number of rotatable bonds is 4. The van der Waals surface area contributed by atoms with Gasteiger partial charge >= 0.3 is 12.1 Å². The quantitative estimate of drug-likeness (QED) is 0.481. The zero-order valence-electron chi connectivity index (χ0n) is 12.1. The van der Waals surface area contributed by atoms with Crippen molar-refractivity contribution in [1.82, 2.24) is 14.8 Å². The Morgan fingerprint density at radius 2 is 1.83 bits per heavy atom. The Morgan fingerprint density at radius 1 is 1.21 bits per heavy atom. The third kappa shape index (κ3) is 3.56. The normalized spacial score (nSPS) is 12.9. The third-order valence-corrected chi connectivity index (χ3v) is 3.59. The summed E-state index contributed by atoms with van der Waals surface area (Å²) in [6.45, 7) is 1.57. The molecular formula is C13H11Cl2F5N4. The van der Waals surface area contributed by atoms with Crippen molar-refractivity contribution in [3.05, 3.63) is 41.0 Å². The molecule has 4 nitrogen and oxygen atoms in total. The molecule has 0 aliphatic rings. The fourth-order valence-corrected chi connectivity index (χ4v) is 2.22. The minimum Gasteiger partial charge on any atom is -0.399 e. The first kappa shape index (κ1) is 18.7. The molecule has 0 aliphatic carbocycles. The van der Waals surface area contributed by atoms with E-state index in [0.29, 0.717) is 16.8 Å². The van der Waals surface area contributed by atoms with Crippen molar-refractivity contribution in [2.75, 3.05) is 5.73 Å². The number of alkyl halides is 7. The lowest BCUT2D eigenvalue weighted by Crippen LogP contribution is -2.35. The lowest BCUT2D eigenvalue weighted by atomic mass is 10.1. The van der Waals surface area contributed by atoms with Crippen molar-refractivity contribution >= 4 is 28.9 Å². The van der Waals surface area contributed by atoms with Crippen molar-refractivity contribution in [1.29, 1.82) is 0 Å². The molecule has 0 unspecified atom stereocenters. The smallest absolute Gasteiger partial charge is 0.399 e. The number of aryl methyl sites for hydroxylation is 1. The molecule has 2 rings (SSSR count). The maximum absolute atomic E-state index is 13.4. The predicted octanol–water partition coefficient (Wildman–Crippen LogP) is 4.35. The van der Waals surface area contributed by atoms with E-state index in [1.165, 1.54) is 0 Å². The number of nitrogens with zero attached hydrogens (tertiary/aromatic N) is 3. The number of anilines is 1. The average molecular weight is 389 g/mol. The minimum atomic E-state index is -5.83. The molecule has 0 spiro atoms. The van der Waals surface area contributed by atoms with Crippen LogP contribution in [0.5, 0.6) is 0 Å². The number of nitrogens with two attached hydrogens (primary N) is 1. The molecule has 1 aromatic heterocycles. The summed E-state index contributed by atoms with van der Waals surface area (Å²) in [5, 5.41) is 3.25. The predicted molar refractivity (Wildman–Crippen MR) is 79.1 cm³/mol. The Kier molecular flexibility index (Phi) is 4.96. The Labute approximate surface area is 143 Å². The molecule has 0 amide bonds. The van der Waals surface area contributed by atoms with E-state index >= 15 is 0 Å². The minimum absolute atomic E-state index is 0.146. The van der Waals surface area contributed by atoms with Crippen LogP contribution in [0.1, 0.15) is 27.6 Å². The monoisotopic (exact) mass is 388 g/mol. The Hall–Kier alpha value is -1.61. The molecule has 0 fully saturated rings. The van der Waals surface area contributed by atoms with E-state index in [0.717, 1.165) is 4.68 Å². The lowest BCUT2D eigenvalue weighted by molar-refractivity contribution is -0.292. The van der Waals surface area contributed by atoms with Crippen LogP contribution in [0.2, 0.25) is 0 Å². The van der Waals surface area contributed by atoms with Gasteiger partial charge in [-0.3, -0.25) is 0 Å². The fourth-order valence-electron chi connectivity index (χ4n) is 1.90. The summed E-state index contributed by atoms with van der Waals surface area (Å²) in [7, 11) is 0. The second-order valence-electron chi connectivity index (χ2n) is 5.02. The van der Waals surface area contributed by atoms with Crippen LogP contribution in [0.25, 0.3) is 0 Å². The number of hydrogen-bond donors (Lipinski definition) is 1. The van der Waals surface area contributed by atoms with Gasteiger partial charge in [-0.15, -0.1) is 5.10 Å². The van der Waals surface area contributed by atoms with Crippen molar-refractivity contribution in [3.8, 4) is 0 Å². The van der Waals surface area contributed by atoms with Crippen LogP contribution in [0.3, 0.4) is 0 Å². The van der Waals surface area contributed by atoms with Gasteiger partial charge in [-0.05, 0) is 24.1 Å². The molecule has 2 N–H and O–H groups in total. The molecule has 24 heavy (non-hydrogen) atoms. The van der Waals surface area contributed by atoms with E-state index in [1.807, 2.05) is 0 Å². The van der Waals surface area contributed by atoms with Gasteiger partial charge in [0.25, 0.3) is 0 Å². The number of hydrogen-bond acceptors (Lipinski definition) is 3. The van der Waals surface area contributed by atoms with E-state index in [-0.39, 0.29) is 6.54 Å². The topological polar surface area (TPSA) is 56.7 Å². The molecule has 2 aromatic rings. The van der Waals surface area contributed by atoms with Crippen LogP contribution in [0, 0.1) is 6.92 Å². The van der Waals surface area contributed by atoms with Crippen LogP contribution in [0.15, 0.2) is 18.2 Å². The van der Waals surface area contributed by atoms with Crippen LogP contribution >= 0.6 is 23.2 Å². The van der Waals surface area contributed by atoms with E-state index in [9.17, 15) is 22.0 Å². The summed E-state index contributed by atoms with van der Waals surface area (Å²) < 4.78 is 65.0. The van der Waals surface area contributed by atoms with Gasteiger partial charge in [0.1, 0.15) is 0 Å². The number of nitrogen functional groups attached to an aromatic ring is 1. The van der Waals surface area contributed by atoms with Gasteiger partial charge in [-0.1, -0.05) is 35.3 Å². The van der Waals surface area contributed by atoms with Crippen LogP contribution in [-0.4, -0.2) is 20.9 Å². The van der Waals surface area contributed by atoms with Crippen LogP contribution in [-0.2, 0) is 12.5 Å². The van der Waals surface area contributed by atoms with Crippen molar-refractivity contribution < 1.29 is 22.0 Å². The third-order valence-electron chi connectivity index (χ3n) is 3.20. The molecule has 0 radical (unpaired) electrons. The summed E-state index contributed by atoms with van der Waals surface area (Å²) in [5.74, 6) is -7.33. The highest BCUT2D eigenvalue weighted by atomic mass is 35.5. The molecule has 11 heteroatoms. The van der Waals surface area contributed by atoms with Gasteiger partial charge < -0.3 is 5.73 Å². The first-order chi connectivity index (χ1) is 10.9. The molecule has 0 saturated carbocycles. The lowest BCUT2D eigenvalue weighted by Gasteiger charge is -2.15. The standard InChI is InChI=1S/C13H11Cl2F5N4/c1-6-4-7(2-3-8(6)21)5-24-10(9(14)15)22-11(23-24)12(16,17)13(18,19)20/h2-4,9H,5,21H2,1H3. The van der Waals surface area contributed by atoms with Crippen molar-refractivity contribution in [2.24, 2.45) is 0 Å². The van der Waals surface area contributed by atoms with Crippen LogP contribution in [0.4, 0.5) is 27.6 Å². The summed E-state index contributed by atoms with van der Waals surface area (Å²) in [5.41, 5.74) is 7.45. The van der Waals surface area contributed by atoms with E-state index in [1.54, 1.807) is 25.1 Å². The highest BCUT2D eigenvalue weighted by molar-refractivity contribution is 6.43. The fraction of sp³-hybridized carbons (Fsp3) is 0.385. The molecule has 0 bridgehead atoms. The van der Waals surface area contributed by atoms with Gasteiger partial charge in [0.2, 0.25) is 5.82 Å². The van der Waals surface area contributed by atoms with Crippen molar-refractivity contribution in [2.45, 2.75) is 30.4 Å². The highest BCUT2D eigenvalue weighted by Gasteiger charge is 2.62. The maximum Gasteiger partial charge on any atom is 0.461 e. The number of halogens is 7. The SMILES string of the molecule is Cc1cc(Cn2nc(C(F)(F)C(F)(F)F)nc2C(Cl)Cl)ccc1N. The van der Waals surface area contributed by atoms with Gasteiger partial charge in [-0.25, -0.2) is 9.67 Å². The zero-order chi connectivity index (χ0) is 18.3. The molecule has 1 heterocycles. The molecule has 132 valence electrons. The summed E-state index contributed by atoms with van der Waals surface area (Å²) in [4.78, 5) is 1.75. The highest BCUT2D eigenvalue weighted by Crippen LogP contribution is 2.43. The summed E-state index contributed by atoms with van der Waals surface area (Å²) >= 11 is 11.2. The Balaban J connectivity index is 2.44. The second kappa shape index (κ2) is 6.36. The first-order valence-electron chi connectivity index (χ1n) is 6.46. The zero-order valence-corrected chi connectivity index (χ0v) is 13.6. The molecule has 0 saturated heterocycles. The first-order valence-corrected chi connectivity index (χ1v) is 7.33. The summed E-state index contributed by atoms with van der Waals surface area (Å²) in [6.07, 6.45) is -5.83. The maximum atomic E-state index is 13.4. The van der Waals surface area contributed by atoms with Crippen molar-refractivity contribution in [3.63, 3.8) is 0 Å². The number of aromatic nitrogens is 3. The van der Waals surface area contributed by atoms with Crippen LogP contribution < -0.4 is 5.73 Å².